The predicted molar refractivity (Wildman–Crippen MR) is 78.5 cm³/mol. The molecular formula is C14H16N4O4. The van der Waals surface area contributed by atoms with Gasteiger partial charge < -0.3 is 10.0 Å². The summed E-state index contributed by atoms with van der Waals surface area (Å²) in [6.07, 6.45) is 3.46. The van der Waals surface area contributed by atoms with Gasteiger partial charge in [-0.25, -0.2) is 0 Å². The van der Waals surface area contributed by atoms with E-state index in [4.69, 9.17) is 0 Å². The number of phenols is 1. The quantitative estimate of drug-likeness (QED) is 0.686. The van der Waals surface area contributed by atoms with Gasteiger partial charge >= 0.3 is 5.69 Å². The summed E-state index contributed by atoms with van der Waals surface area (Å²) in [5.41, 5.74) is 0.502. The van der Waals surface area contributed by atoms with Gasteiger partial charge in [-0.3, -0.25) is 19.6 Å². The molecular weight excluding hydrogens is 288 g/mol. The smallest absolute Gasteiger partial charge is 0.311 e. The zero-order chi connectivity index (χ0) is 16.4. The minimum absolute atomic E-state index is 0.141. The molecule has 1 atom stereocenters. The van der Waals surface area contributed by atoms with E-state index in [1.54, 1.807) is 31.2 Å². The zero-order valence-corrected chi connectivity index (χ0v) is 12.4. The van der Waals surface area contributed by atoms with E-state index in [1.165, 1.54) is 11.0 Å². The number of hydrogen-bond donors (Lipinski definition) is 1. The van der Waals surface area contributed by atoms with Crippen LogP contribution in [0.4, 0.5) is 5.69 Å². The molecule has 0 fully saturated rings. The lowest BCUT2D eigenvalue weighted by molar-refractivity contribution is -0.385. The Balaban J connectivity index is 2.27. The second kappa shape index (κ2) is 5.84. The highest BCUT2D eigenvalue weighted by Crippen LogP contribution is 2.28. The van der Waals surface area contributed by atoms with Crippen molar-refractivity contribution in [3.8, 4) is 5.75 Å². The molecule has 1 aromatic heterocycles. The third kappa shape index (κ3) is 2.90. The summed E-state index contributed by atoms with van der Waals surface area (Å²) in [5, 5.41) is 24.3. The second-order valence-corrected chi connectivity index (χ2v) is 5.00. The summed E-state index contributed by atoms with van der Waals surface area (Å²) in [7, 11) is 3.39. The van der Waals surface area contributed by atoms with Crippen molar-refractivity contribution in [3.05, 3.63) is 51.8 Å². The first-order chi connectivity index (χ1) is 10.3. The predicted octanol–water partition coefficient (Wildman–Crippen LogP) is 1.87. The van der Waals surface area contributed by atoms with E-state index in [9.17, 15) is 20.0 Å². The fourth-order valence-corrected chi connectivity index (χ4v) is 2.06. The van der Waals surface area contributed by atoms with Gasteiger partial charge in [0.1, 0.15) is 0 Å². The van der Waals surface area contributed by atoms with Gasteiger partial charge in [0.2, 0.25) is 0 Å². The Hall–Kier alpha value is -2.90. The molecule has 0 aliphatic rings. The van der Waals surface area contributed by atoms with E-state index in [1.807, 2.05) is 6.92 Å². The molecule has 0 saturated heterocycles. The number of amides is 1. The van der Waals surface area contributed by atoms with E-state index in [2.05, 4.69) is 5.10 Å². The van der Waals surface area contributed by atoms with Crippen molar-refractivity contribution in [2.24, 2.45) is 7.05 Å². The number of rotatable bonds is 4. The van der Waals surface area contributed by atoms with Crippen LogP contribution in [0.5, 0.6) is 5.75 Å². The lowest BCUT2D eigenvalue weighted by Crippen LogP contribution is -2.29. The van der Waals surface area contributed by atoms with Crippen molar-refractivity contribution in [2.45, 2.75) is 13.0 Å². The Bertz CT molecular complexity index is 725. The van der Waals surface area contributed by atoms with Crippen LogP contribution >= 0.6 is 0 Å². The first-order valence-electron chi connectivity index (χ1n) is 6.54. The Morgan fingerprint density at radius 1 is 1.50 bits per heavy atom. The van der Waals surface area contributed by atoms with E-state index >= 15 is 0 Å². The molecule has 8 heteroatoms. The molecule has 0 unspecified atom stereocenters. The average molecular weight is 304 g/mol. The van der Waals surface area contributed by atoms with Crippen molar-refractivity contribution in [3.63, 3.8) is 0 Å². The van der Waals surface area contributed by atoms with Crippen LogP contribution in [0.25, 0.3) is 0 Å². The van der Waals surface area contributed by atoms with Gasteiger partial charge in [0.15, 0.2) is 5.75 Å². The molecule has 2 aromatic rings. The number of nitro benzene ring substituents is 1. The number of carbonyl (C=O) groups excluding carboxylic acids is 1. The Morgan fingerprint density at radius 3 is 2.73 bits per heavy atom. The SMILES string of the molecule is C[C@@H](c1cnn(C)c1)N(C)C(=O)c1ccc(O)c([N+](=O)[O-])c1. The Kier molecular flexibility index (Phi) is 4.11. The molecule has 1 amide bonds. The fraction of sp³-hybridized carbons (Fsp3) is 0.286. The van der Waals surface area contributed by atoms with Gasteiger partial charge in [-0.1, -0.05) is 0 Å². The van der Waals surface area contributed by atoms with Gasteiger partial charge in [0.25, 0.3) is 5.91 Å². The van der Waals surface area contributed by atoms with Gasteiger partial charge in [-0.05, 0) is 19.1 Å². The lowest BCUT2D eigenvalue weighted by atomic mass is 10.1. The van der Waals surface area contributed by atoms with Crippen molar-refractivity contribution in [1.29, 1.82) is 0 Å². The molecule has 2 rings (SSSR count). The molecule has 22 heavy (non-hydrogen) atoms. The molecule has 0 saturated carbocycles. The molecule has 0 radical (unpaired) electrons. The van der Waals surface area contributed by atoms with E-state index in [0.29, 0.717) is 0 Å². The molecule has 0 aliphatic carbocycles. The fourth-order valence-electron chi connectivity index (χ4n) is 2.06. The van der Waals surface area contributed by atoms with Crippen LogP contribution in [0.2, 0.25) is 0 Å². The maximum atomic E-state index is 12.4. The molecule has 1 N–H and O–H groups in total. The van der Waals surface area contributed by atoms with Crippen LogP contribution in [0, 0.1) is 10.1 Å². The lowest BCUT2D eigenvalue weighted by Gasteiger charge is -2.24. The summed E-state index contributed by atoms with van der Waals surface area (Å²) in [5.74, 6) is -0.844. The minimum atomic E-state index is -0.726. The first-order valence-corrected chi connectivity index (χ1v) is 6.54. The molecule has 0 aliphatic heterocycles. The number of carbonyl (C=O) groups is 1. The summed E-state index contributed by atoms with van der Waals surface area (Å²) < 4.78 is 1.63. The molecule has 116 valence electrons. The van der Waals surface area contributed by atoms with Crippen LogP contribution in [0.1, 0.15) is 28.9 Å². The molecule has 1 heterocycles. The van der Waals surface area contributed by atoms with Crippen molar-refractivity contribution < 1.29 is 14.8 Å². The van der Waals surface area contributed by atoms with Crippen LogP contribution < -0.4 is 0 Å². The molecule has 1 aromatic carbocycles. The van der Waals surface area contributed by atoms with Gasteiger partial charge in [0.05, 0.1) is 17.2 Å². The van der Waals surface area contributed by atoms with Crippen LogP contribution in [0.15, 0.2) is 30.6 Å². The third-order valence-corrected chi connectivity index (χ3v) is 3.53. The van der Waals surface area contributed by atoms with E-state index < -0.39 is 16.4 Å². The number of phenolic OH excluding ortho intramolecular Hbond substituents is 1. The summed E-state index contributed by atoms with van der Waals surface area (Å²) in [6.45, 7) is 1.84. The van der Waals surface area contributed by atoms with Gasteiger partial charge in [-0.2, -0.15) is 5.10 Å². The average Bonchev–Trinajstić information content (AvgIpc) is 2.91. The number of nitrogens with zero attached hydrogens (tertiary/aromatic N) is 4. The zero-order valence-electron chi connectivity index (χ0n) is 12.4. The number of benzene rings is 1. The van der Waals surface area contributed by atoms with Crippen LogP contribution in [-0.4, -0.2) is 37.7 Å². The highest BCUT2D eigenvalue weighted by Gasteiger charge is 2.23. The monoisotopic (exact) mass is 304 g/mol. The number of hydrogen-bond acceptors (Lipinski definition) is 5. The third-order valence-electron chi connectivity index (χ3n) is 3.53. The largest absolute Gasteiger partial charge is 0.502 e. The highest BCUT2D eigenvalue weighted by molar-refractivity contribution is 5.95. The Morgan fingerprint density at radius 2 is 2.18 bits per heavy atom. The molecule has 8 nitrogen and oxygen atoms in total. The van der Waals surface area contributed by atoms with Crippen LogP contribution in [-0.2, 0) is 7.05 Å². The summed E-state index contributed by atoms with van der Waals surface area (Å²) >= 11 is 0. The van der Waals surface area contributed by atoms with Gasteiger partial charge in [0, 0.05) is 37.5 Å². The number of aromatic hydroxyl groups is 1. The maximum Gasteiger partial charge on any atom is 0.311 e. The number of aryl methyl sites for hydroxylation is 1. The van der Waals surface area contributed by atoms with E-state index in [0.717, 1.165) is 17.7 Å². The number of aromatic nitrogens is 2. The maximum absolute atomic E-state index is 12.4. The summed E-state index contributed by atoms with van der Waals surface area (Å²) in [4.78, 5) is 24.0. The highest BCUT2D eigenvalue weighted by atomic mass is 16.6. The van der Waals surface area contributed by atoms with Gasteiger partial charge in [-0.15, -0.1) is 0 Å². The van der Waals surface area contributed by atoms with Crippen LogP contribution in [0.3, 0.4) is 0 Å². The van der Waals surface area contributed by atoms with Crippen molar-refractivity contribution in [1.82, 2.24) is 14.7 Å². The molecule has 0 bridgehead atoms. The topological polar surface area (TPSA) is 102 Å². The summed E-state index contributed by atoms with van der Waals surface area (Å²) in [6, 6.07) is 3.34. The first kappa shape index (κ1) is 15.5. The minimum Gasteiger partial charge on any atom is -0.502 e. The van der Waals surface area contributed by atoms with Crippen molar-refractivity contribution >= 4 is 11.6 Å². The van der Waals surface area contributed by atoms with E-state index in [-0.39, 0.29) is 17.5 Å². The normalized spacial score (nSPS) is 12.0. The second-order valence-electron chi connectivity index (χ2n) is 5.00. The molecule has 0 spiro atoms. The Labute approximate surface area is 126 Å². The number of nitro groups is 1. The van der Waals surface area contributed by atoms with Crippen molar-refractivity contribution in [2.75, 3.05) is 7.05 Å². The standard InChI is InChI=1S/C14H16N4O4/c1-9(11-7-15-16(2)8-11)17(3)14(20)10-4-5-13(19)12(6-10)18(21)22/h4-9,19H,1-3H3/t9-/m0/s1.